The Balaban J connectivity index is 1.69. The van der Waals surface area contributed by atoms with Gasteiger partial charge < -0.3 is 10.1 Å². The monoisotopic (exact) mass is 485 g/mol. The van der Waals surface area contributed by atoms with Gasteiger partial charge in [0.15, 0.2) is 0 Å². The molecule has 0 fully saturated rings. The smallest absolute Gasteiger partial charge is 0.273 e. The maximum atomic E-state index is 14.7. The molecule has 2 aromatic rings. The molecule has 3 unspecified atom stereocenters. The third kappa shape index (κ3) is 5.09. The zero-order chi connectivity index (χ0) is 24.1. The topological polar surface area (TPSA) is 53.9 Å². The third-order valence-corrected chi connectivity index (χ3v) is 7.65. The van der Waals surface area contributed by atoms with E-state index in [-0.39, 0.29) is 16.5 Å². The van der Waals surface area contributed by atoms with Crippen LogP contribution in [0.25, 0.3) is 0 Å². The third-order valence-electron chi connectivity index (χ3n) is 6.20. The summed E-state index contributed by atoms with van der Waals surface area (Å²) in [7, 11) is 1.46. The highest BCUT2D eigenvalue weighted by molar-refractivity contribution is 8.15. The summed E-state index contributed by atoms with van der Waals surface area (Å²) in [6, 6.07) is 13.2. The second-order valence-corrected chi connectivity index (χ2v) is 9.75. The van der Waals surface area contributed by atoms with E-state index in [2.05, 4.69) is 22.6 Å². The highest BCUT2D eigenvalue weighted by Crippen LogP contribution is 2.50. The van der Waals surface area contributed by atoms with E-state index in [1.807, 2.05) is 30.3 Å². The number of thioether (sulfide) groups is 1. The number of amides is 1. The van der Waals surface area contributed by atoms with Crippen LogP contribution in [-0.2, 0) is 14.4 Å². The quantitative estimate of drug-likeness (QED) is 0.393. The van der Waals surface area contributed by atoms with Crippen molar-refractivity contribution < 1.29 is 18.3 Å². The fourth-order valence-corrected chi connectivity index (χ4v) is 5.69. The molecule has 1 N–H and O–H groups in total. The fourth-order valence-electron chi connectivity index (χ4n) is 4.26. The summed E-state index contributed by atoms with van der Waals surface area (Å²) in [5.74, 6) is -1.48. The van der Waals surface area contributed by atoms with Gasteiger partial charge in [0.1, 0.15) is 27.7 Å². The molecule has 5 nitrogen and oxygen atoms in total. The molecule has 0 aromatic heterocycles. The zero-order valence-electron chi connectivity index (χ0n) is 19.3. The number of hydrazone groups is 1. The maximum Gasteiger partial charge on any atom is 0.273 e. The first-order chi connectivity index (χ1) is 16.4. The second kappa shape index (κ2) is 10.8. The molecule has 0 spiro atoms. The Hall–Kier alpha value is -2.55. The predicted octanol–water partition coefficient (Wildman–Crippen LogP) is 5.18. The molecule has 1 amide bonds. The van der Waals surface area contributed by atoms with Crippen LogP contribution in [0, 0.1) is 11.6 Å². The van der Waals surface area contributed by atoms with Gasteiger partial charge in [-0.3, -0.25) is 4.79 Å². The average molecular weight is 486 g/mol. The predicted molar refractivity (Wildman–Crippen MR) is 131 cm³/mol. The van der Waals surface area contributed by atoms with Crippen molar-refractivity contribution in [1.82, 2.24) is 10.3 Å². The first kappa shape index (κ1) is 24.6. The van der Waals surface area contributed by atoms with Gasteiger partial charge in [0, 0.05) is 18.7 Å². The molecule has 1 heterocycles. The molecule has 1 aliphatic carbocycles. The first-order valence-electron chi connectivity index (χ1n) is 11.5. The van der Waals surface area contributed by atoms with E-state index in [1.54, 1.807) is 6.92 Å². The molecular formula is C26H29F2N3O2S. The van der Waals surface area contributed by atoms with Gasteiger partial charge in [0.25, 0.3) is 5.91 Å². The summed E-state index contributed by atoms with van der Waals surface area (Å²) in [5.41, 5.74) is 0.910. The number of halogens is 2. The number of allylic oxidation sites excluding steroid dienone is 1. The Morgan fingerprint density at radius 1 is 1.29 bits per heavy atom. The number of nitrogens with one attached hydrogen (secondary N) is 1. The van der Waals surface area contributed by atoms with Crippen LogP contribution in [0.4, 0.5) is 8.78 Å². The largest absolute Gasteiger partial charge is 0.372 e. The number of nitrogens with zero attached hydrogens (tertiary/aromatic N) is 2. The molecule has 0 radical (unpaired) electrons. The van der Waals surface area contributed by atoms with Crippen molar-refractivity contribution in [3.05, 3.63) is 83.4 Å². The summed E-state index contributed by atoms with van der Waals surface area (Å²) < 4.78 is 34.0. The van der Waals surface area contributed by atoms with Crippen LogP contribution in [0.2, 0.25) is 0 Å². The molecule has 34 heavy (non-hydrogen) atoms. The van der Waals surface area contributed by atoms with Crippen molar-refractivity contribution in [3.63, 3.8) is 0 Å². The van der Waals surface area contributed by atoms with Crippen LogP contribution in [0.1, 0.15) is 43.7 Å². The second-order valence-electron chi connectivity index (χ2n) is 8.48. The minimum Gasteiger partial charge on any atom is -0.372 e. The molecule has 8 heteroatoms. The average Bonchev–Trinajstić information content (AvgIpc) is 3.52. The van der Waals surface area contributed by atoms with Crippen LogP contribution in [0.15, 0.2) is 65.8 Å². The van der Waals surface area contributed by atoms with E-state index in [4.69, 9.17) is 4.74 Å². The standard InChI is InChI=1S/C26H29F2N3O2S/c1-18(33-2)25(32)31-26(19-9-4-3-5-10-19,15-8-16-29-21-11-6-7-12-21)34-24(30-31)22-17-20(27)13-14-23(22)28/h3-6,9-11,13-14,17-18,21,29H,7-8,12,15-16H2,1-2H3. The molecular weight excluding hydrogens is 456 g/mol. The molecule has 0 saturated heterocycles. The molecule has 4 rings (SSSR count). The molecule has 2 aliphatic rings. The molecule has 0 bridgehead atoms. The summed E-state index contributed by atoms with van der Waals surface area (Å²) >= 11 is 1.29. The Morgan fingerprint density at radius 2 is 2.09 bits per heavy atom. The van der Waals surface area contributed by atoms with Crippen molar-refractivity contribution >= 4 is 22.7 Å². The number of benzene rings is 2. The van der Waals surface area contributed by atoms with Gasteiger partial charge in [-0.25, -0.2) is 13.8 Å². The maximum absolute atomic E-state index is 14.7. The van der Waals surface area contributed by atoms with Gasteiger partial charge in [0.05, 0.1) is 0 Å². The van der Waals surface area contributed by atoms with Crippen LogP contribution in [0.3, 0.4) is 0 Å². The van der Waals surface area contributed by atoms with E-state index < -0.39 is 22.6 Å². The number of hydrogen-bond acceptors (Lipinski definition) is 5. The van der Waals surface area contributed by atoms with Gasteiger partial charge in [0.2, 0.25) is 0 Å². The van der Waals surface area contributed by atoms with E-state index in [0.717, 1.165) is 49.6 Å². The van der Waals surface area contributed by atoms with Crippen molar-refractivity contribution in [1.29, 1.82) is 0 Å². The number of ether oxygens (including phenoxy) is 1. The van der Waals surface area contributed by atoms with Gasteiger partial charge in [-0.2, -0.15) is 5.10 Å². The first-order valence-corrected chi connectivity index (χ1v) is 12.3. The number of hydrogen-bond donors (Lipinski definition) is 1. The van der Waals surface area contributed by atoms with E-state index in [0.29, 0.717) is 12.5 Å². The van der Waals surface area contributed by atoms with Crippen molar-refractivity contribution in [2.45, 2.75) is 49.6 Å². The van der Waals surface area contributed by atoms with Crippen molar-refractivity contribution in [2.75, 3.05) is 13.7 Å². The number of methoxy groups -OCH3 is 1. The minimum absolute atomic E-state index is 0.0416. The van der Waals surface area contributed by atoms with Gasteiger partial charge in [-0.1, -0.05) is 54.2 Å². The molecule has 3 atom stereocenters. The summed E-state index contributed by atoms with van der Waals surface area (Å²) in [4.78, 5) is 12.5. The van der Waals surface area contributed by atoms with Crippen LogP contribution in [0.5, 0.6) is 0 Å². The Bertz CT molecular complexity index is 1080. The van der Waals surface area contributed by atoms with E-state index >= 15 is 0 Å². The lowest BCUT2D eigenvalue weighted by molar-refractivity contribution is -0.144. The zero-order valence-corrected chi connectivity index (χ0v) is 20.2. The number of carbonyl (C=O) groups excluding carboxylic acids is 1. The van der Waals surface area contributed by atoms with Crippen LogP contribution in [-0.4, -0.2) is 41.8 Å². The van der Waals surface area contributed by atoms with E-state index in [1.165, 1.54) is 23.9 Å². The van der Waals surface area contributed by atoms with Gasteiger partial charge in [-0.05, 0) is 62.9 Å². The highest BCUT2D eigenvalue weighted by Gasteiger charge is 2.49. The van der Waals surface area contributed by atoms with Crippen molar-refractivity contribution in [3.8, 4) is 0 Å². The van der Waals surface area contributed by atoms with Crippen LogP contribution >= 0.6 is 11.8 Å². The Labute approximate surface area is 203 Å². The summed E-state index contributed by atoms with van der Waals surface area (Å²) in [5, 5.41) is 9.78. The Morgan fingerprint density at radius 3 is 2.79 bits per heavy atom. The lowest BCUT2D eigenvalue weighted by Gasteiger charge is -2.37. The van der Waals surface area contributed by atoms with Crippen LogP contribution < -0.4 is 5.32 Å². The molecule has 0 saturated carbocycles. The molecule has 1 aliphatic heterocycles. The van der Waals surface area contributed by atoms with Gasteiger partial charge in [-0.15, -0.1) is 0 Å². The lowest BCUT2D eigenvalue weighted by atomic mass is 9.99. The normalized spacial score (nSPS) is 22.8. The minimum atomic E-state index is -0.910. The summed E-state index contributed by atoms with van der Waals surface area (Å²) in [6.45, 7) is 2.42. The molecule has 2 aromatic carbocycles. The van der Waals surface area contributed by atoms with Gasteiger partial charge >= 0.3 is 0 Å². The van der Waals surface area contributed by atoms with E-state index in [9.17, 15) is 13.6 Å². The SMILES string of the molecule is COC(C)C(=O)N1N=C(c2cc(F)ccc2F)SC1(CCCNC1C=CCC1)c1ccccc1. The Kier molecular flexibility index (Phi) is 7.80. The lowest BCUT2D eigenvalue weighted by Crippen LogP contribution is -2.46. The fraction of sp³-hybridized carbons (Fsp3) is 0.385. The highest BCUT2D eigenvalue weighted by atomic mass is 32.2. The molecule has 180 valence electrons. The summed E-state index contributed by atoms with van der Waals surface area (Å²) in [6.07, 6.45) is 7.10. The van der Waals surface area contributed by atoms with Crippen molar-refractivity contribution in [2.24, 2.45) is 5.10 Å². The number of rotatable bonds is 9. The number of carbonyl (C=O) groups is 1.